The van der Waals surface area contributed by atoms with Crippen molar-refractivity contribution in [2.75, 3.05) is 6.54 Å². The highest BCUT2D eigenvalue weighted by Gasteiger charge is 2.44. The van der Waals surface area contributed by atoms with Crippen LogP contribution in [0.15, 0.2) is 54.6 Å². The lowest BCUT2D eigenvalue weighted by molar-refractivity contribution is -0.164. The number of alkyl halides is 3. The van der Waals surface area contributed by atoms with Crippen molar-refractivity contribution in [2.45, 2.75) is 31.6 Å². The van der Waals surface area contributed by atoms with Crippen molar-refractivity contribution in [3.63, 3.8) is 0 Å². The number of carbonyl (C=O) groups is 2. The van der Waals surface area contributed by atoms with E-state index in [0.717, 1.165) is 29.8 Å². The van der Waals surface area contributed by atoms with Gasteiger partial charge < -0.3 is 10.2 Å². The van der Waals surface area contributed by atoms with Crippen molar-refractivity contribution in [2.24, 2.45) is 5.92 Å². The molecule has 0 aromatic heterocycles. The maximum atomic E-state index is 13.5. The molecular formula is C21H20F4N2O2. The molecule has 0 radical (unpaired) electrons. The molecule has 3 rings (SSSR count). The van der Waals surface area contributed by atoms with E-state index in [4.69, 9.17) is 0 Å². The van der Waals surface area contributed by atoms with Gasteiger partial charge in [-0.05, 0) is 30.2 Å². The van der Waals surface area contributed by atoms with Crippen molar-refractivity contribution in [1.82, 2.24) is 10.2 Å². The Hall–Kier alpha value is -2.90. The number of hydrogen-bond donors (Lipinski definition) is 1. The van der Waals surface area contributed by atoms with Crippen LogP contribution in [-0.4, -0.2) is 29.4 Å². The number of halogens is 4. The minimum Gasteiger partial charge on any atom is -0.341 e. The van der Waals surface area contributed by atoms with E-state index >= 15 is 0 Å². The summed E-state index contributed by atoms with van der Waals surface area (Å²) in [6.45, 7) is 1.85. The zero-order valence-corrected chi connectivity index (χ0v) is 15.6. The Balaban J connectivity index is 1.72. The lowest BCUT2D eigenvalue weighted by Crippen LogP contribution is -2.41. The monoisotopic (exact) mass is 408 g/mol. The Morgan fingerprint density at radius 2 is 1.69 bits per heavy atom. The number of amides is 2. The molecule has 0 saturated carbocycles. The van der Waals surface area contributed by atoms with E-state index in [2.05, 4.69) is 0 Å². The lowest BCUT2D eigenvalue weighted by atomic mass is 10.0. The molecule has 2 aromatic rings. The first-order valence-electron chi connectivity index (χ1n) is 9.14. The fraction of sp³-hybridized carbons (Fsp3) is 0.333. The van der Waals surface area contributed by atoms with Crippen molar-refractivity contribution in [3.8, 4) is 0 Å². The Kier molecular flexibility index (Phi) is 5.91. The molecular weight excluding hydrogens is 388 g/mol. The van der Waals surface area contributed by atoms with Crippen LogP contribution in [-0.2, 0) is 9.59 Å². The highest BCUT2D eigenvalue weighted by molar-refractivity contribution is 5.89. The van der Waals surface area contributed by atoms with Gasteiger partial charge in [0.15, 0.2) is 6.04 Å². The number of likely N-dealkylation sites (tertiary alicyclic amines) is 1. The van der Waals surface area contributed by atoms with Gasteiger partial charge in [-0.15, -0.1) is 0 Å². The van der Waals surface area contributed by atoms with Crippen LogP contribution in [0.3, 0.4) is 0 Å². The minimum absolute atomic E-state index is 0.0364. The number of carbonyl (C=O) groups excluding carboxylic acids is 2. The van der Waals surface area contributed by atoms with Crippen molar-refractivity contribution < 1.29 is 27.2 Å². The Labute approximate surface area is 165 Å². The maximum Gasteiger partial charge on any atom is 0.412 e. The second-order valence-corrected chi connectivity index (χ2v) is 7.07. The fourth-order valence-electron chi connectivity index (χ4n) is 3.46. The molecule has 1 N–H and O–H groups in total. The third-order valence-electron chi connectivity index (χ3n) is 5.10. The Morgan fingerprint density at radius 1 is 1.07 bits per heavy atom. The number of hydrogen-bond acceptors (Lipinski definition) is 2. The fourth-order valence-corrected chi connectivity index (χ4v) is 3.46. The van der Waals surface area contributed by atoms with Crippen LogP contribution in [0.1, 0.15) is 36.6 Å². The van der Waals surface area contributed by atoms with E-state index in [1.54, 1.807) is 0 Å². The predicted octanol–water partition coefficient (Wildman–Crippen LogP) is 4.16. The van der Waals surface area contributed by atoms with Crippen molar-refractivity contribution in [1.29, 1.82) is 0 Å². The molecule has 2 aromatic carbocycles. The van der Waals surface area contributed by atoms with Gasteiger partial charge in [0.25, 0.3) is 0 Å². The van der Waals surface area contributed by atoms with Gasteiger partial charge in [0.05, 0.1) is 12.0 Å². The van der Waals surface area contributed by atoms with Gasteiger partial charge in [0, 0.05) is 13.0 Å². The third-order valence-corrected chi connectivity index (χ3v) is 5.10. The average Bonchev–Trinajstić information content (AvgIpc) is 3.08. The van der Waals surface area contributed by atoms with E-state index in [1.807, 2.05) is 42.6 Å². The normalized spacial score (nSPS) is 19.1. The SMILES string of the molecule is CC(c1ccccc1)N1CC(C(=O)NC(c2ccc(F)cc2)C(F)(F)F)CC1=O. The number of nitrogens with zero attached hydrogens (tertiary/aromatic N) is 1. The molecule has 1 aliphatic rings. The van der Waals surface area contributed by atoms with E-state index in [1.165, 1.54) is 4.90 Å². The molecule has 0 bridgehead atoms. The Bertz CT molecular complexity index is 868. The van der Waals surface area contributed by atoms with Crippen LogP contribution in [0.25, 0.3) is 0 Å². The summed E-state index contributed by atoms with van der Waals surface area (Å²) in [5, 5.41) is 1.99. The summed E-state index contributed by atoms with van der Waals surface area (Å²) in [6, 6.07) is 10.4. The maximum absolute atomic E-state index is 13.5. The van der Waals surface area contributed by atoms with Gasteiger partial charge in [0.1, 0.15) is 5.82 Å². The zero-order valence-electron chi connectivity index (χ0n) is 15.6. The molecule has 154 valence electrons. The smallest absolute Gasteiger partial charge is 0.341 e. The summed E-state index contributed by atoms with van der Waals surface area (Å²) in [5.74, 6) is -2.70. The van der Waals surface area contributed by atoms with E-state index in [-0.39, 0.29) is 30.5 Å². The summed E-state index contributed by atoms with van der Waals surface area (Å²) in [6.07, 6.45) is -4.91. The predicted molar refractivity (Wildman–Crippen MR) is 98.0 cm³/mol. The van der Waals surface area contributed by atoms with Gasteiger partial charge in [0.2, 0.25) is 11.8 Å². The topological polar surface area (TPSA) is 49.4 Å². The summed E-state index contributed by atoms with van der Waals surface area (Å²) < 4.78 is 53.5. The summed E-state index contributed by atoms with van der Waals surface area (Å²) in [7, 11) is 0. The largest absolute Gasteiger partial charge is 0.412 e. The molecule has 0 spiro atoms. The van der Waals surface area contributed by atoms with E-state index in [0.29, 0.717) is 0 Å². The molecule has 4 nitrogen and oxygen atoms in total. The van der Waals surface area contributed by atoms with Crippen LogP contribution in [0.5, 0.6) is 0 Å². The van der Waals surface area contributed by atoms with Crippen molar-refractivity contribution >= 4 is 11.8 Å². The molecule has 3 unspecified atom stereocenters. The summed E-state index contributed by atoms with van der Waals surface area (Å²) in [5.41, 5.74) is 0.604. The van der Waals surface area contributed by atoms with E-state index in [9.17, 15) is 27.2 Å². The Morgan fingerprint density at radius 3 is 2.28 bits per heavy atom. The zero-order chi connectivity index (χ0) is 21.2. The van der Waals surface area contributed by atoms with Gasteiger partial charge in [-0.2, -0.15) is 13.2 Å². The van der Waals surface area contributed by atoms with Gasteiger partial charge in [-0.3, -0.25) is 9.59 Å². The van der Waals surface area contributed by atoms with Crippen molar-refractivity contribution in [3.05, 3.63) is 71.5 Å². The van der Waals surface area contributed by atoms with Crippen LogP contribution < -0.4 is 5.32 Å². The molecule has 8 heteroatoms. The molecule has 1 aliphatic heterocycles. The molecule has 1 saturated heterocycles. The van der Waals surface area contributed by atoms with Crippen LogP contribution in [0.4, 0.5) is 17.6 Å². The number of nitrogens with one attached hydrogen (secondary N) is 1. The summed E-state index contributed by atoms with van der Waals surface area (Å²) in [4.78, 5) is 26.4. The second-order valence-electron chi connectivity index (χ2n) is 7.07. The quantitative estimate of drug-likeness (QED) is 0.756. The van der Waals surface area contributed by atoms with Crippen LogP contribution in [0.2, 0.25) is 0 Å². The molecule has 2 amide bonds. The first-order valence-corrected chi connectivity index (χ1v) is 9.14. The van der Waals surface area contributed by atoms with Crippen LogP contribution >= 0.6 is 0 Å². The number of benzene rings is 2. The minimum atomic E-state index is -4.76. The molecule has 1 fully saturated rings. The lowest BCUT2D eigenvalue weighted by Gasteiger charge is -2.26. The summed E-state index contributed by atoms with van der Waals surface area (Å²) >= 11 is 0. The average molecular weight is 408 g/mol. The van der Waals surface area contributed by atoms with Gasteiger partial charge in [-0.1, -0.05) is 42.5 Å². The van der Waals surface area contributed by atoms with Gasteiger partial charge in [-0.25, -0.2) is 4.39 Å². The highest BCUT2D eigenvalue weighted by atomic mass is 19.4. The number of rotatable bonds is 5. The van der Waals surface area contributed by atoms with Crippen LogP contribution in [0, 0.1) is 11.7 Å². The first kappa shape index (κ1) is 20.8. The second kappa shape index (κ2) is 8.23. The standard InChI is InChI=1S/C21H20F4N2O2/c1-13(14-5-3-2-4-6-14)27-12-16(11-18(27)28)20(29)26-19(21(23,24)25)15-7-9-17(22)10-8-15/h2-10,13,16,19H,11-12H2,1H3,(H,26,29). The molecule has 29 heavy (non-hydrogen) atoms. The molecule has 0 aliphatic carbocycles. The third kappa shape index (κ3) is 4.75. The van der Waals surface area contributed by atoms with Gasteiger partial charge >= 0.3 is 6.18 Å². The molecule has 3 atom stereocenters. The van der Waals surface area contributed by atoms with E-state index < -0.39 is 29.9 Å². The first-order chi connectivity index (χ1) is 13.7. The highest BCUT2D eigenvalue weighted by Crippen LogP contribution is 2.34. The molecule has 1 heterocycles.